The van der Waals surface area contributed by atoms with Gasteiger partial charge >= 0.3 is 17.9 Å². The fourth-order valence-corrected chi connectivity index (χ4v) is 8.65. The maximum atomic E-state index is 12.9. The first kappa shape index (κ1) is 64.6. The largest absolute Gasteiger partial charge is 0.462 e. The molecular formula is C61H112O6. The van der Waals surface area contributed by atoms with Crippen molar-refractivity contribution in [2.24, 2.45) is 0 Å². The summed E-state index contributed by atoms with van der Waals surface area (Å²) in [6.07, 6.45) is 67.1. The summed E-state index contributed by atoms with van der Waals surface area (Å²) in [4.78, 5) is 38.1. The van der Waals surface area contributed by atoms with E-state index in [1.165, 1.54) is 205 Å². The molecule has 0 fully saturated rings. The van der Waals surface area contributed by atoms with Crippen LogP contribution >= 0.6 is 0 Å². The number of rotatable bonds is 54. The number of carbonyl (C=O) groups is 3. The van der Waals surface area contributed by atoms with E-state index >= 15 is 0 Å². The van der Waals surface area contributed by atoms with Gasteiger partial charge in [0.1, 0.15) is 13.2 Å². The van der Waals surface area contributed by atoms with E-state index in [1.54, 1.807) is 0 Å². The molecule has 0 spiro atoms. The van der Waals surface area contributed by atoms with Crippen LogP contribution < -0.4 is 0 Å². The fourth-order valence-electron chi connectivity index (χ4n) is 8.65. The van der Waals surface area contributed by atoms with Crippen LogP contribution in [0.3, 0.4) is 0 Å². The van der Waals surface area contributed by atoms with E-state index in [-0.39, 0.29) is 31.1 Å². The molecule has 0 N–H and O–H groups in total. The Labute approximate surface area is 416 Å². The zero-order chi connectivity index (χ0) is 48.6. The van der Waals surface area contributed by atoms with Crippen molar-refractivity contribution in [1.29, 1.82) is 0 Å². The van der Waals surface area contributed by atoms with Crippen LogP contribution in [0.2, 0.25) is 0 Å². The highest BCUT2D eigenvalue weighted by atomic mass is 16.6. The monoisotopic (exact) mass is 941 g/mol. The van der Waals surface area contributed by atoms with Crippen LogP contribution in [0.4, 0.5) is 0 Å². The van der Waals surface area contributed by atoms with Gasteiger partial charge in [-0.2, -0.15) is 0 Å². The Hall–Kier alpha value is -2.37. The summed E-state index contributed by atoms with van der Waals surface area (Å²) in [5.74, 6) is -0.868. The molecule has 6 heteroatoms. The zero-order valence-corrected chi connectivity index (χ0v) is 44.9. The summed E-state index contributed by atoms with van der Waals surface area (Å²) < 4.78 is 16.9. The molecule has 0 aliphatic heterocycles. The summed E-state index contributed by atoms with van der Waals surface area (Å²) in [6.45, 7) is 6.63. The van der Waals surface area contributed by atoms with Gasteiger partial charge < -0.3 is 14.2 Å². The van der Waals surface area contributed by atoms with Crippen LogP contribution in [0, 0.1) is 0 Å². The SMILES string of the molecule is CCCCC/C=C\C/C=C\CCCCCCCCCCCC(=O)OC[C@@H](COC(=O)CCCCCCC/C=C\CCCCC)OC(=O)CCCCCCCCCCCCCCCCCCCC. The van der Waals surface area contributed by atoms with Gasteiger partial charge in [-0.25, -0.2) is 0 Å². The Bertz CT molecular complexity index is 1130. The van der Waals surface area contributed by atoms with Crippen LogP contribution in [0.15, 0.2) is 36.5 Å². The maximum Gasteiger partial charge on any atom is 0.306 e. The highest BCUT2D eigenvalue weighted by Gasteiger charge is 2.19. The maximum absolute atomic E-state index is 12.9. The first-order chi connectivity index (χ1) is 33.0. The van der Waals surface area contributed by atoms with E-state index in [0.717, 1.165) is 70.6 Å². The molecule has 0 radical (unpaired) electrons. The van der Waals surface area contributed by atoms with Crippen LogP contribution in [-0.2, 0) is 28.6 Å². The van der Waals surface area contributed by atoms with E-state index in [1.807, 2.05) is 0 Å². The van der Waals surface area contributed by atoms with Crippen molar-refractivity contribution in [2.75, 3.05) is 13.2 Å². The molecule has 0 aromatic carbocycles. The molecule has 0 unspecified atom stereocenters. The molecule has 0 saturated carbocycles. The van der Waals surface area contributed by atoms with Gasteiger partial charge in [0.05, 0.1) is 0 Å². The fraction of sp³-hybridized carbons (Fsp3) is 0.852. The lowest BCUT2D eigenvalue weighted by Crippen LogP contribution is -2.30. The lowest BCUT2D eigenvalue weighted by molar-refractivity contribution is -0.167. The second-order valence-corrected chi connectivity index (χ2v) is 19.9. The molecule has 0 aromatic rings. The molecule has 0 aliphatic carbocycles. The number of allylic oxidation sites excluding steroid dienone is 6. The van der Waals surface area contributed by atoms with Gasteiger partial charge in [0, 0.05) is 19.3 Å². The first-order valence-corrected chi connectivity index (χ1v) is 29.5. The number of hydrogen-bond donors (Lipinski definition) is 0. The highest BCUT2D eigenvalue weighted by Crippen LogP contribution is 2.17. The third-order valence-corrected chi connectivity index (χ3v) is 13.1. The van der Waals surface area contributed by atoms with Gasteiger partial charge in [-0.05, 0) is 77.0 Å². The minimum Gasteiger partial charge on any atom is -0.462 e. The number of unbranched alkanes of at least 4 members (excludes halogenated alkanes) is 37. The van der Waals surface area contributed by atoms with E-state index in [4.69, 9.17) is 14.2 Å². The Kier molecular flexibility index (Phi) is 54.2. The van der Waals surface area contributed by atoms with Crippen molar-refractivity contribution in [3.05, 3.63) is 36.5 Å². The predicted octanol–water partition coefficient (Wildman–Crippen LogP) is 19.7. The normalized spacial score (nSPS) is 12.2. The van der Waals surface area contributed by atoms with Crippen LogP contribution in [0.25, 0.3) is 0 Å². The molecule has 1 atom stereocenters. The first-order valence-electron chi connectivity index (χ1n) is 29.5. The number of carbonyl (C=O) groups excluding carboxylic acids is 3. The summed E-state index contributed by atoms with van der Waals surface area (Å²) in [7, 11) is 0. The minimum absolute atomic E-state index is 0.0734. The van der Waals surface area contributed by atoms with Crippen molar-refractivity contribution < 1.29 is 28.6 Å². The summed E-state index contributed by atoms with van der Waals surface area (Å²) in [6, 6.07) is 0. The minimum atomic E-state index is -0.774. The molecule has 0 saturated heterocycles. The Morgan fingerprint density at radius 3 is 0.866 bits per heavy atom. The smallest absolute Gasteiger partial charge is 0.306 e. The van der Waals surface area contributed by atoms with Crippen LogP contribution in [0.1, 0.15) is 316 Å². The summed E-state index contributed by atoms with van der Waals surface area (Å²) >= 11 is 0. The molecule has 6 nitrogen and oxygen atoms in total. The molecule has 0 rings (SSSR count). The van der Waals surface area contributed by atoms with Gasteiger partial charge in [0.25, 0.3) is 0 Å². The standard InChI is InChI=1S/C61H112O6/c1-4-7-10-13-16-19-22-25-27-29-31-33-34-36-39-42-45-48-51-54-60(63)66-57-58(56-65-59(62)53-50-47-44-41-38-24-21-18-15-12-9-6-3)67-61(64)55-52-49-46-43-40-37-35-32-30-28-26-23-20-17-14-11-8-5-2/h16,18-19,21,25,27,58H,4-15,17,20,22-24,26,28-57H2,1-3H3/b19-16-,21-18-,27-25-/t58-/m1/s1. The second kappa shape index (κ2) is 56.2. The zero-order valence-electron chi connectivity index (χ0n) is 44.9. The highest BCUT2D eigenvalue weighted by molar-refractivity contribution is 5.71. The van der Waals surface area contributed by atoms with Gasteiger partial charge in [0.15, 0.2) is 6.10 Å². The summed E-state index contributed by atoms with van der Waals surface area (Å²) in [5, 5.41) is 0. The molecule has 67 heavy (non-hydrogen) atoms. The Morgan fingerprint density at radius 1 is 0.299 bits per heavy atom. The van der Waals surface area contributed by atoms with Crippen molar-refractivity contribution in [3.63, 3.8) is 0 Å². The quantitative estimate of drug-likeness (QED) is 0.0262. The third kappa shape index (κ3) is 54.4. The molecular weight excluding hydrogens is 829 g/mol. The molecule has 0 aliphatic rings. The van der Waals surface area contributed by atoms with E-state index in [2.05, 4.69) is 57.2 Å². The number of hydrogen-bond acceptors (Lipinski definition) is 6. The van der Waals surface area contributed by atoms with Crippen molar-refractivity contribution in [2.45, 2.75) is 322 Å². The van der Waals surface area contributed by atoms with Crippen molar-refractivity contribution in [1.82, 2.24) is 0 Å². The second-order valence-electron chi connectivity index (χ2n) is 19.9. The topological polar surface area (TPSA) is 78.9 Å². The van der Waals surface area contributed by atoms with E-state index in [0.29, 0.717) is 19.3 Å². The van der Waals surface area contributed by atoms with Gasteiger partial charge in [-0.1, -0.05) is 256 Å². The number of ether oxygens (including phenoxy) is 3. The average Bonchev–Trinajstić information content (AvgIpc) is 3.33. The predicted molar refractivity (Wildman–Crippen MR) is 289 cm³/mol. The van der Waals surface area contributed by atoms with Gasteiger partial charge in [-0.15, -0.1) is 0 Å². The molecule has 0 aromatic heterocycles. The van der Waals surface area contributed by atoms with Crippen LogP contribution in [-0.4, -0.2) is 37.2 Å². The van der Waals surface area contributed by atoms with Crippen molar-refractivity contribution in [3.8, 4) is 0 Å². The number of esters is 3. The summed E-state index contributed by atoms with van der Waals surface area (Å²) in [5.41, 5.74) is 0. The molecule has 392 valence electrons. The van der Waals surface area contributed by atoms with E-state index in [9.17, 15) is 14.4 Å². The Morgan fingerprint density at radius 2 is 0.537 bits per heavy atom. The van der Waals surface area contributed by atoms with Gasteiger partial charge in [-0.3, -0.25) is 14.4 Å². The van der Waals surface area contributed by atoms with E-state index < -0.39 is 6.10 Å². The lowest BCUT2D eigenvalue weighted by atomic mass is 10.0. The molecule has 0 amide bonds. The Balaban J connectivity index is 4.31. The lowest BCUT2D eigenvalue weighted by Gasteiger charge is -2.18. The third-order valence-electron chi connectivity index (χ3n) is 13.1. The molecule has 0 heterocycles. The average molecular weight is 942 g/mol. The van der Waals surface area contributed by atoms with Gasteiger partial charge in [0.2, 0.25) is 0 Å². The van der Waals surface area contributed by atoms with Crippen LogP contribution in [0.5, 0.6) is 0 Å². The van der Waals surface area contributed by atoms with Crippen molar-refractivity contribution >= 4 is 17.9 Å². The molecule has 0 bridgehead atoms.